The third-order valence-corrected chi connectivity index (χ3v) is 4.22. The molecule has 0 amide bonds. The summed E-state index contributed by atoms with van der Waals surface area (Å²) in [6, 6.07) is 5.59. The summed E-state index contributed by atoms with van der Waals surface area (Å²) in [6.07, 6.45) is 1.59. The number of benzene rings is 1. The molecule has 0 fully saturated rings. The van der Waals surface area contributed by atoms with E-state index >= 15 is 0 Å². The fraction of sp³-hybridized carbons (Fsp3) is 0.154. The predicted octanol–water partition coefficient (Wildman–Crippen LogP) is 3.94. The lowest BCUT2D eigenvalue weighted by molar-refractivity contribution is 1.10. The maximum Gasteiger partial charge on any atom is 0.226 e. The molecule has 8 heteroatoms. The summed E-state index contributed by atoms with van der Waals surface area (Å²) in [5, 5.41) is 6.96. The van der Waals surface area contributed by atoms with E-state index in [-0.39, 0.29) is 0 Å². The molecule has 0 saturated heterocycles. The molecule has 0 saturated carbocycles. The van der Waals surface area contributed by atoms with Crippen molar-refractivity contribution in [1.82, 2.24) is 19.9 Å². The predicted molar refractivity (Wildman–Crippen MR) is 88.3 cm³/mol. The first-order valence-corrected chi connectivity index (χ1v) is 7.52. The van der Waals surface area contributed by atoms with Gasteiger partial charge in [0.2, 0.25) is 5.95 Å². The van der Waals surface area contributed by atoms with Gasteiger partial charge >= 0.3 is 0 Å². The number of imidazole rings is 1. The zero-order valence-corrected chi connectivity index (χ0v) is 13.5. The van der Waals surface area contributed by atoms with Crippen LogP contribution >= 0.6 is 27.5 Å². The average molecular weight is 368 g/mol. The van der Waals surface area contributed by atoms with Gasteiger partial charge in [0.05, 0.1) is 21.5 Å². The van der Waals surface area contributed by atoms with Gasteiger partial charge in [-0.2, -0.15) is 9.97 Å². The zero-order chi connectivity index (χ0) is 14.8. The number of anilines is 3. The molecule has 3 rings (SSSR count). The number of nitrogens with zero attached hydrogens (tertiary/aromatic N) is 3. The van der Waals surface area contributed by atoms with Gasteiger partial charge in [-0.3, -0.25) is 0 Å². The van der Waals surface area contributed by atoms with Crippen molar-refractivity contribution < 1.29 is 0 Å². The van der Waals surface area contributed by atoms with Crippen molar-refractivity contribution in [3.05, 3.63) is 34.0 Å². The van der Waals surface area contributed by atoms with E-state index < -0.39 is 0 Å². The highest BCUT2D eigenvalue weighted by Gasteiger charge is 2.12. The molecule has 1 aromatic carbocycles. The van der Waals surface area contributed by atoms with Crippen molar-refractivity contribution in [1.29, 1.82) is 0 Å². The quantitative estimate of drug-likeness (QED) is 0.651. The smallest absolute Gasteiger partial charge is 0.226 e. The van der Waals surface area contributed by atoms with Gasteiger partial charge in [0.25, 0.3) is 0 Å². The van der Waals surface area contributed by atoms with Crippen LogP contribution in [0.5, 0.6) is 0 Å². The number of aromatic amines is 1. The zero-order valence-electron chi connectivity index (χ0n) is 11.1. The first-order valence-electron chi connectivity index (χ1n) is 6.35. The van der Waals surface area contributed by atoms with Crippen LogP contribution in [-0.4, -0.2) is 26.5 Å². The molecule has 6 nitrogen and oxygen atoms in total. The molecule has 0 unspecified atom stereocenters. The molecule has 108 valence electrons. The molecule has 0 bridgehead atoms. The molecule has 0 spiro atoms. The lowest BCUT2D eigenvalue weighted by Crippen LogP contribution is -2.05. The molecule has 0 aliphatic rings. The summed E-state index contributed by atoms with van der Waals surface area (Å²) in [6.45, 7) is 2.72. The Hall–Kier alpha value is -1.86. The molecule has 2 aromatic heterocycles. The first-order chi connectivity index (χ1) is 10.2. The van der Waals surface area contributed by atoms with Crippen LogP contribution in [0.1, 0.15) is 6.92 Å². The summed E-state index contributed by atoms with van der Waals surface area (Å²) in [7, 11) is 0. The molecular formula is C13H12BrClN6. The van der Waals surface area contributed by atoms with E-state index in [1.54, 1.807) is 6.33 Å². The molecule has 3 N–H and O–H groups in total. The second-order valence-corrected chi connectivity index (χ2v) is 5.45. The Morgan fingerprint density at radius 1 is 1.33 bits per heavy atom. The van der Waals surface area contributed by atoms with Crippen LogP contribution in [0.2, 0.25) is 5.02 Å². The fourth-order valence-electron chi connectivity index (χ4n) is 1.89. The van der Waals surface area contributed by atoms with Gasteiger partial charge in [-0.25, -0.2) is 4.98 Å². The van der Waals surface area contributed by atoms with Crippen molar-refractivity contribution in [3.63, 3.8) is 0 Å². The summed E-state index contributed by atoms with van der Waals surface area (Å²) < 4.78 is 0.781. The number of hydrogen-bond acceptors (Lipinski definition) is 5. The molecule has 0 aliphatic heterocycles. The van der Waals surface area contributed by atoms with Crippen LogP contribution in [-0.2, 0) is 0 Å². The SMILES string of the molecule is CCNc1nc(Nc2cccc(Cl)c2Br)c2[nH]cnc2n1. The van der Waals surface area contributed by atoms with Gasteiger partial charge in [0.1, 0.15) is 5.52 Å². The van der Waals surface area contributed by atoms with Crippen molar-refractivity contribution in [2.24, 2.45) is 0 Å². The highest BCUT2D eigenvalue weighted by atomic mass is 79.9. The topological polar surface area (TPSA) is 78.5 Å². The summed E-state index contributed by atoms with van der Waals surface area (Å²) in [5.41, 5.74) is 2.16. The van der Waals surface area contributed by atoms with E-state index in [9.17, 15) is 0 Å². The minimum absolute atomic E-state index is 0.526. The maximum absolute atomic E-state index is 6.11. The molecule has 2 heterocycles. The van der Waals surface area contributed by atoms with Gasteiger partial charge in [0.15, 0.2) is 11.5 Å². The van der Waals surface area contributed by atoms with Gasteiger partial charge < -0.3 is 15.6 Å². The Labute approximate surface area is 134 Å². The van der Waals surface area contributed by atoms with Crippen molar-refractivity contribution >= 4 is 56.1 Å². The molecular weight excluding hydrogens is 356 g/mol. The number of aromatic nitrogens is 4. The van der Waals surface area contributed by atoms with Crippen LogP contribution in [0.25, 0.3) is 11.2 Å². The van der Waals surface area contributed by atoms with Crippen LogP contribution < -0.4 is 10.6 Å². The molecule has 3 aromatic rings. The Balaban J connectivity index is 2.06. The Bertz CT molecular complexity index is 787. The fourth-order valence-corrected chi connectivity index (χ4v) is 2.43. The molecule has 0 radical (unpaired) electrons. The van der Waals surface area contributed by atoms with E-state index in [1.807, 2.05) is 25.1 Å². The van der Waals surface area contributed by atoms with E-state index in [0.717, 1.165) is 22.2 Å². The largest absolute Gasteiger partial charge is 0.354 e. The second kappa shape index (κ2) is 5.87. The number of hydrogen-bond donors (Lipinski definition) is 3. The van der Waals surface area contributed by atoms with Crippen molar-refractivity contribution in [3.8, 4) is 0 Å². The van der Waals surface area contributed by atoms with E-state index in [1.165, 1.54) is 0 Å². The number of halogens is 2. The maximum atomic E-state index is 6.11. The van der Waals surface area contributed by atoms with Gasteiger partial charge in [-0.1, -0.05) is 17.7 Å². The van der Waals surface area contributed by atoms with Crippen LogP contribution in [0.15, 0.2) is 29.0 Å². The highest BCUT2D eigenvalue weighted by molar-refractivity contribution is 9.10. The highest BCUT2D eigenvalue weighted by Crippen LogP contribution is 2.33. The number of fused-ring (bicyclic) bond motifs is 1. The third-order valence-electron chi connectivity index (χ3n) is 2.83. The van der Waals surface area contributed by atoms with Crippen LogP contribution in [0.4, 0.5) is 17.5 Å². The van der Waals surface area contributed by atoms with Crippen LogP contribution in [0.3, 0.4) is 0 Å². The molecule has 0 aliphatic carbocycles. The lowest BCUT2D eigenvalue weighted by atomic mass is 10.3. The van der Waals surface area contributed by atoms with Crippen molar-refractivity contribution in [2.75, 3.05) is 17.2 Å². The number of nitrogens with one attached hydrogen (secondary N) is 3. The third kappa shape index (κ3) is 2.79. The molecule has 0 atom stereocenters. The monoisotopic (exact) mass is 366 g/mol. The lowest BCUT2D eigenvalue weighted by Gasteiger charge is -2.11. The normalized spacial score (nSPS) is 10.8. The van der Waals surface area contributed by atoms with Crippen molar-refractivity contribution in [2.45, 2.75) is 6.92 Å². The minimum atomic E-state index is 0.526. The van der Waals surface area contributed by atoms with Crippen LogP contribution in [0, 0.1) is 0 Å². The Kier molecular flexibility index (Phi) is 3.94. The van der Waals surface area contributed by atoms with Gasteiger partial charge in [0, 0.05) is 6.54 Å². The summed E-state index contributed by atoms with van der Waals surface area (Å²) in [5.74, 6) is 1.16. The second-order valence-electron chi connectivity index (χ2n) is 4.25. The standard InChI is InChI=1S/C13H12BrClN6/c1-2-16-13-20-11-10(17-6-18-11)12(21-13)19-8-5-3-4-7(15)9(8)14/h3-6H,2H2,1H3,(H3,16,17,18,19,20,21). The van der Waals surface area contributed by atoms with Gasteiger partial charge in [-0.05, 0) is 35.0 Å². The minimum Gasteiger partial charge on any atom is -0.354 e. The summed E-state index contributed by atoms with van der Waals surface area (Å²) in [4.78, 5) is 16.0. The number of H-pyrrole nitrogens is 1. The number of rotatable bonds is 4. The first kappa shape index (κ1) is 14.1. The van der Waals surface area contributed by atoms with E-state index in [2.05, 4.69) is 46.5 Å². The van der Waals surface area contributed by atoms with E-state index in [0.29, 0.717) is 22.4 Å². The van der Waals surface area contributed by atoms with Gasteiger partial charge in [-0.15, -0.1) is 0 Å². The average Bonchev–Trinajstić information content (AvgIpc) is 2.93. The van der Waals surface area contributed by atoms with E-state index in [4.69, 9.17) is 11.6 Å². The Morgan fingerprint density at radius 2 is 2.19 bits per heavy atom. The Morgan fingerprint density at radius 3 is 3.00 bits per heavy atom. The molecule has 21 heavy (non-hydrogen) atoms. The summed E-state index contributed by atoms with van der Waals surface area (Å²) >= 11 is 9.57.